The fourth-order valence-electron chi connectivity index (χ4n) is 5.67. The van der Waals surface area contributed by atoms with Gasteiger partial charge in [-0.25, -0.2) is 0 Å². The van der Waals surface area contributed by atoms with Crippen LogP contribution in [0.1, 0.15) is 44.1 Å². The molecular weight excluding hydrogens is 264 g/mol. The quantitative estimate of drug-likeness (QED) is 0.733. The Balaban J connectivity index is 1.79. The van der Waals surface area contributed by atoms with Crippen LogP contribution in [0.4, 0.5) is 0 Å². The van der Waals surface area contributed by atoms with Crippen LogP contribution in [0, 0.1) is 17.8 Å². The lowest BCUT2D eigenvalue weighted by atomic mass is 9.48. The fourth-order valence-corrected chi connectivity index (χ4v) is 6.11. The summed E-state index contributed by atoms with van der Waals surface area (Å²) in [6.07, 6.45) is 10.9. The average molecular weight is 288 g/mol. The zero-order valence-corrected chi connectivity index (χ0v) is 13.3. The molecule has 5 rings (SSSR count). The van der Waals surface area contributed by atoms with Crippen LogP contribution in [0.5, 0.6) is 5.75 Å². The Morgan fingerprint density at radius 3 is 2.15 bits per heavy atom. The van der Waals surface area contributed by atoms with Gasteiger partial charge in [0.25, 0.3) is 0 Å². The van der Waals surface area contributed by atoms with Crippen LogP contribution >= 0.6 is 11.8 Å². The second-order valence-electron chi connectivity index (χ2n) is 7.26. The van der Waals surface area contributed by atoms with Crippen molar-refractivity contribution in [2.75, 3.05) is 13.4 Å². The lowest BCUT2D eigenvalue weighted by Gasteiger charge is -2.57. The highest BCUT2D eigenvalue weighted by Crippen LogP contribution is 2.62. The minimum absolute atomic E-state index is 0.436. The van der Waals surface area contributed by atoms with Gasteiger partial charge >= 0.3 is 0 Å². The summed E-state index contributed by atoms with van der Waals surface area (Å²) in [5, 5.41) is 0. The van der Waals surface area contributed by atoms with E-state index in [4.69, 9.17) is 4.74 Å². The highest BCUT2D eigenvalue weighted by Gasteiger charge is 2.52. The van der Waals surface area contributed by atoms with Gasteiger partial charge in [-0.15, -0.1) is 11.8 Å². The van der Waals surface area contributed by atoms with E-state index in [2.05, 4.69) is 24.5 Å². The molecule has 4 fully saturated rings. The van der Waals surface area contributed by atoms with Crippen molar-refractivity contribution < 1.29 is 4.74 Å². The molecule has 4 aliphatic carbocycles. The second-order valence-corrected chi connectivity index (χ2v) is 8.14. The molecule has 4 aliphatic rings. The lowest BCUT2D eigenvalue weighted by molar-refractivity contribution is -0.00625. The van der Waals surface area contributed by atoms with Crippen LogP contribution in [-0.4, -0.2) is 13.4 Å². The number of thioether (sulfide) groups is 1. The summed E-state index contributed by atoms with van der Waals surface area (Å²) in [5.41, 5.74) is 1.96. The third kappa shape index (κ3) is 1.91. The number of methoxy groups -OCH3 is 1. The average Bonchev–Trinajstić information content (AvgIpc) is 2.45. The van der Waals surface area contributed by atoms with Gasteiger partial charge in [0.1, 0.15) is 5.75 Å². The van der Waals surface area contributed by atoms with E-state index in [0.717, 1.165) is 23.5 Å². The van der Waals surface area contributed by atoms with Crippen molar-refractivity contribution in [2.45, 2.75) is 48.8 Å². The first-order valence-electron chi connectivity index (χ1n) is 7.95. The number of benzene rings is 1. The molecule has 0 aromatic heterocycles. The third-order valence-electron chi connectivity index (χ3n) is 6.02. The molecule has 0 atom stereocenters. The lowest BCUT2D eigenvalue weighted by Crippen LogP contribution is -2.48. The molecule has 1 aromatic rings. The van der Waals surface area contributed by atoms with Gasteiger partial charge in [-0.1, -0.05) is 0 Å². The largest absolute Gasteiger partial charge is 0.496 e. The minimum Gasteiger partial charge on any atom is -0.496 e. The number of rotatable bonds is 3. The molecule has 0 radical (unpaired) electrons. The van der Waals surface area contributed by atoms with Gasteiger partial charge in [-0.3, -0.25) is 0 Å². The molecule has 0 aliphatic heterocycles. The van der Waals surface area contributed by atoms with Crippen molar-refractivity contribution in [1.29, 1.82) is 0 Å². The summed E-state index contributed by atoms with van der Waals surface area (Å²) >= 11 is 1.85. The van der Waals surface area contributed by atoms with E-state index < -0.39 is 0 Å². The molecule has 0 N–H and O–H groups in total. The summed E-state index contributed by atoms with van der Waals surface area (Å²) in [6.45, 7) is 0. The zero-order chi connectivity index (χ0) is 13.7. The van der Waals surface area contributed by atoms with Crippen molar-refractivity contribution in [2.24, 2.45) is 17.8 Å². The minimum atomic E-state index is 0.436. The zero-order valence-electron chi connectivity index (χ0n) is 12.5. The Labute approximate surface area is 126 Å². The Kier molecular flexibility index (Phi) is 3.06. The topological polar surface area (TPSA) is 9.23 Å². The van der Waals surface area contributed by atoms with Gasteiger partial charge < -0.3 is 4.74 Å². The normalized spacial score (nSPS) is 38.2. The molecule has 4 saturated carbocycles. The first-order chi connectivity index (χ1) is 9.72. The molecule has 2 heteroatoms. The van der Waals surface area contributed by atoms with E-state index >= 15 is 0 Å². The predicted octanol–water partition coefficient (Wildman–Crippen LogP) is 4.88. The van der Waals surface area contributed by atoms with Crippen molar-refractivity contribution in [1.82, 2.24) is 0 Å². The molecule has 4 bridgehead atoms. The Morgan fingerprint density at radius 2 is 1.65 bits per heavy atom. The third-order valence-corrected chi connectivity index (χ3v) is 6.74. The molecule has 108 valence electrons. The van der Waals surface area contributed by atoms with Crippen LogP contribution in [0.25, 0.3) is 0 Å². The molecule has 0 spiro atoms. The van der Waals surface area contributed by atoms with Crippen molar-refractivity contribution >= 4 is 11.8 Å². The Morgan fingerprint density at radius 1 is 1.05 bits per heavy atom. The standard InChI is InChI=1S/C18H24OS/c1-19-17-4-3-15(20-2)8-16(17)18-9-12-5-13(10-18)7-14(6-12)11-18/h3-4,8,12-14H,5-7,9-11H2,1-2H3. The van der Waals surface area contributed by atoms with Gasteiger partial charge in [0.15, 0.2) is 0 Å². The van der Waals surface area contributed by atoms with Gasteiger partial charge in [-0.05, 0) is 86.1 Å². The second kappa shape index (κ2) is 4.69. The summed E-state index contributed by atoms with van der Waals surface area (Å²) in [4.78, 5) is 1.39. The van der Waals surface area contributed by atoms with Crippen LogP contribution in [0.3, 0.4) is 0 Å². The van der Waals surface area contributed by atoms with Crippen LogP contribution in [-0.2, 0) is 5.41 Å². The van der Waals surface area contributed by atoms with E-state index in [1.807, 2.05) is 18.9 Å². The van der Waals surface area contributed by atoms with E-state index in [0.29, 0.717) is 5.41 Å². The van der Waals surface area contributed by atoms with E-state index in [9.17, 15) is 0 Å². The summed E-state index contributed by atoms with van der Waals surface area (Å²) < 4.78 is 5.73. The van der Waals surface area contributed by atoms with Gasteiger partial charge in [-0.2, -0.15) is 0 Å². The Hall–Kier alpha value is -0.630. The molecule has 0 saturated heterocycles. The van der Waals surface area contributed by atoms with Gasteiger partial charge in [0.2, 0.25) is 0 Å². The molecule has 20 heavy (non-hydrogen) atoms. The highest BCUT2D eigenvalue weighted by molar-refractivity contribution is 7.98. The number of hydrogen-bond acceptors (Lipinski definition) is 2. The maximum absolute atomic E-state index is 5.73. The maximum atomic E-state index is 5.73. The number of hydrogen-bond donors (Lipinski definition) is 0. The molecule has 0 heterocycles. The van der Waals surface area contributed by atoms with E-state index in [1.54, 1.807) is 0 Å². The monoisotopic (exact) mass is 288 g/mol. The smallest absolute Gasteiger partial charge is 0.122 e. The first-order valence-corrected chi connectivity index (χ1v) is 9.17. The molecule has 1 nitrogen and oxygen atoms in total. The molecule has 1 aromatic carbocycles. The summed E-state index contributed by atoms with van der Waals surface area (Å²) in [7, 11) is 1.83. The molecule has 0 amide bonds. The first kappa shape index (κ1) is 13.1. The molecular formula is C18H24OS. The van der Waals surface area contributed by atoms with Crippen molar-refractivity contribution in [3.05, 3.63) is 23.8 Å². The maximum Gasteiger partial charge on any atom is 0.122 e. The molecule has 0 unspecified atom stereocenters. The van der Waals surface area contributed by atoms with Crippen molar-refractivity contribution in [3.8, 4) is 5.75 Å². The van der Waals surface area contributed by atoms with Crippen molar-refractivity contribution in [3.63, 3.8) is 0 Å². The van der Waals surface area contributed by atoms with E-state index in [-0.39, 0.29) is 0 Å². The predicted molar refractivity (Wildman–Crippen MR) is 84.6 cm³/mol. The van der Waals surface area contributed by atoms with Crippen LogP contribution in [0.15, 0.2) is 23.1 Å². The summed E-state index contributed by atoms with van der Waals surface area (Å²) in [5.74, 6) is 4.10. The SMILES string of the molecule is COc1ccc(SC)cc1C12CC3CC(CC(C3)C1)C2. The van der Waals surface area contributed by atoms with Gasteiger partial charge in [0, 0.05) is 10.5 Å². The van der Waals surface area contributed by atoms with Gasteiger partial charge in [0.05, 0.1) is 7.11 Å². The van der Waals surface area contributed by atoms with E-state index in [1.165, 1.54) is 49.0 Å². The van der Waals surface area contributed by atoms with Crippen LogP contribution in [0.2, 0.25) is 0 Å². The number of ether oxygens (including phenoxy) is 1. The fraction of sp³-hybridized carbons (Fsp3) is 0.667. The van der Waals surface area contributed by atoms with Crippen LogP contribution < -0.4 is 4.74 Å². The summed E-state index contributed by atoms with van der Waals surface area (Å²) in [6, 6.07) is 6.82. The Bertz CT molecular complexity index is 487. The highest BCUT2D eigenvalue weighted by atomic mass is 32.2.